The van der Waals surface area contributed by atoms with Crippen LogP contribution in [-0.2, 0) is 9.84 Å². The highest BCUT2D eigenvalue weighted by molar-refractivity contribution is 7.91. The highest BCUT2D eigenvalue weighted by atomic mass is 32.2. The molecule has 4 heterocycles. The predicted molar refractivity (Wildman–Crippen MR) is 165 cm³/mol. The van der Waals surface area contributed by atoms with Gasteiger partial charge in [0.2, 0.25) is 0 Å². The van der Waals surface area contributed by atoms with Gasteiger partial charge in [-0.15, -0.1) is 17.6 Å². The lowest BCUT2D eigenvalue weighted by atomic mass is 9.43. The average molecular weight is 722 g/mol. The molecule has 264 valence electrons. The maximum atomic E-state index is 14.0. The van der Waals surface area contributed by atoms with Crippen molar-refractivity contribution in [2.45, 2.75) is 42.9 Å². The molecule has 1 aromatic heterocycles. The van der Waals surface area contributed by atoms with E-state index in [4.69, 9.17) is 4.74 Å². The highest BCUT2D eigenvalue weighted by Gasteiger charge is 2.70. The molecule has 3 N–H and O–H groups in total. The van der Waals surface area contributed by atoms with E-state index in [0.29, 0.717) is 32.4 Å². The first kappa shape index (κ1) is 32.2. The van der Waals surface area contributed by atoms with E-state index in [1.54, 1.807) is 0 Å². The van der Waals surface area contributed by atoms with Crippen molar-refractivity contribution in [3.63, 3.8) is 0 Å². The molecule has 3 aliphatic carbocycles. The van der Waals surface area contributed by atoms with Gasteiger partial charge in [-0.25, -0.2) is 13.4 Å². The molecular weight excluding hydrogens is 694 g/mol. The topological polar surface area (TPSA) is 167 Å². The standard InChI is InChI=1S/C31H27F4N5O9S/c1-45-20-4-5-36-25(39-28-13-29(14-28,15-28)40-6-8-50(43,44)9-7-40)24(20)27(42)38-18-12-23-22(48-31(34,35)49-23)11-17(18)26(41)37-16-2-3-19-21(10-16)47-30(32,33)46-19/h2-5,10-12H,6-9,13-15H2,1H3,(H,36,39)(H,37,41)(H,38,42). The third kappa shape index (κ3) is 5.53. The number of nitrogens with one attached hydrogen (secondary N) is 3. The fourth-order valence-corrected chi connectivity index (χ4v) is 8.47. The molecule has 0 spiro atoms. The lowest BCUT2D eigenvalue weighted by Crippen LogP contribution is -2.82. The molecule has 2 bridgehead atoms. The van der Waals surface area contributed by atoms with E-state index in [1.165, 1.54) is 25.4 Å². The Morgan fingerprint density at radius 2 is 1.46 bits per heavy atom. The van der Waals surface area contributed by atoms with Crippen molar-refractivity contribution in [2.75, 3.05) is 47.7 Å². The Morgan fingerprint density at radius 3 is 2.12 bits per heavy atom. The van der Waals surface area contributed by atoms with E-state index in [0.717, 1.165) is 24.3 Å². The average Bonchev–Trinajstić information content (AvgIpc) is 3.49. The maximum Gasteiger partial charge on any atom is 0.586 e. The molecule has 2 aromatic carbocycles. The Balaban J connectivity index is 1.05. The smallest absolute Gasteiger partial charge is 0.496 e. The van der Waals surface area contributed by atoms with Gasteiger partial charge in [-0.05, 0) is 43.5 Å². The monoisotopic (exact) mass is 721 g/mol. The van der Waals surface area contributed by atoms with E-state index in [-0.39, 0.29) is 62.6 Å². The second-order valence-electron chi connectivity index (χ2n) is 12.8. The summed E-state index contributed by atoms with van der Waals surface area (Å²) in [6.07, 6.45) is -4.38. The quantitative estimate of drug-likeness (QED) is 0.286. The molecule has 6 aliphatic rings. The molecular formula is C31H27F4N5O9S. The number of alkyl halides is 4. The van der Waals surface area contributed by atoms with Gasteiger partial charge in [-0.1, -0.05) is 0 Å². The summed E-state index contributed by atoms with van der Waals surface area (Å²) in [6.45, 7) is 0.927. The zero-order chi connectivity index (χ0) is 35.3. The van der Waals surface area contributed by atoms with Gasteiger partial charge in [0.05, 0.1) is 29.9 Å². The molecule has 2 amide bonds. The zero-order valence-electron chi connectivity index (χ0n) is 26.0. The van der Waals surface area contributed by atoms with Gasteiger partial charge in [-0.2, -0.15) is 0 Å². The van der Waals surface area contributed by atoms with Crippen molar-refractivity contribution in [3.05, 3.63) is 53.7 Å². The summed E-state index contributed by atoms with van der Waals surface area (Å²) in [5.41, 5.74) is -1.18. The minimum Gasteiger partial charge on any atom is -0.496 e. The Hall–Kier alpha value is -5.04. The Bertz CT molecular complexity index is 2050. The molecule has 9 rings (SSSR count). The van der Waals surface area contributed by atoms with Crippen LogP contribution in [0.5, 0.6) is 28.7 Å². The Kier molecular flexibility index (Phi) is 6.91. The molecule has 1 saturated heterocycles. The van der Waals surface area contributed by atoms with Crippen molar-refractivity contribution in [1.29, 1.82) is 0 Å². The number of rotatable bonds is 8. The summed E-state index contributed by atoms with van der Waals surface area (Å²) < 4.78 is 102. The summed E-state index contributed by atoms with van der Waals surface area (Å²) >= 11 is 0. The number of halogens is 4. The molecule has 0 atom stereocenters. The molecule has 3 aromatic rings. The number of sulfone groups is 1. The normalized spacial score (nSPS) is 25.9. The van der Waals surface area contributed by atoms with Crippen LogP contribution < -0.4 is 39.6 Å². The number of ether oxygens (including phenoxy) is 5. The van der Waals surface area contributed by atoms with Crippen LogP contribution in [0.4, 0.5) is 34.8 Å². The van der Waals surface area contributed by atoms with Crippen LogP contribution in [0.2, 0.25) is 0 Å². The largest absolute Gasteiger partial charge is 0.586 e. The van der Waals surface area contributed by atoms with Crippen molar-refractivity contribution in [2.24, 2.45) is 0 Å². The first-order valence-electron chi connectivity index (χ1n) is 15.3. The van der Waals surface area contributed by atoms with Crippen LogP contribution >= 0.6 is 0 Å². The molecule has 19 heteroatoms. The fraction of sp³-hybridized carbons (Fsp3) is 0.387. The number of methoxy groups -OCH3 is 1. The van der Waals surface area contributed by atoms with E-state index in [9.17, 15) is 35.6 Å². The van der Waals surface area contributed by atoms with E-state index in [2.05, 4.69) is 44.8 Å². The van der Waals surface area contributed by atoms with Crippen molar-refractivity contribution in [3.8, 4) is 28.7 Å². The number of hydrogen-bond donors (Lipinski definition) is 3. The number of nitrogens with zero attached hydrogens (tertiary/aromatic N) is 2. The zero-order valence-corrected chi connectivity index (χ0v) is 26.8. The van der Waals surface area contributed by atoms with Gasteiger partial charge in [0.15, 0.2) is 32.8 Å². The van der Waals surface area contributed by atoms with Crippen molar-refractivity contribution < 1.29 is 59.3 Å². The molecule has 3 aliphatic heterocycles. The number of anilines is 3. The van der Waals surface area contributed by atoms with Crippen molar-refractivity contribution >= 4 is 38.8 Å². The van der Waals surface area contributed by atoms with Gasteiger partial charge >= 0.3 is 12.6 Å². The lowest BCUT2D eigenvalue weighted by Gasteiger charge is -2.74. The number of carbonyl (C=O) groups is 2. The third-order valence-corrected chi connectivity index (χ3v) is 11.1. The van der Waals surface area contributed by atoms with Crippen LogP contribution in [0, 0.1) is 0 Å². The molecule has 14 nitrogen and oxygen atoms in total. The summed E-state index contributed by atoms with van der Waals surface area (Å²) in [5.74, 6) is -2.80. The number of benzene rings is 2. The number of aromatic nitrogens is 1. The molecule has 0 radical (unpaired) electrons. The molecule has 3 saturated carbocycles. The maximum absolute atomic E-state index is 14.0. The van der Waals surface area contributed by atoms with Gasteiger partial charge < -0.3 is 39.6 Å². The summed E-state index contributed by atoms with van der Waals surface area (Å²) in [6, 6.07) is 6.85. The molecule has 50 heavy (non-hydrogen) atoms. The number of hydrogen-bond acceptors (Lipinski definition) is 12. The highest BCUT2D eigenvalue weighted by Crippen LogP contribution is 2.65. The van der Waals surface area contributed by atoms with Crippen LogP contribution in [0.25, 0.3) is 0 Å². The van der Waals surface area contributed by atoms with Crippen LogP contribution in [0.3, 0.4) is 0 Å². The minimum atomic E-state index is -4.05. The number of carbonyl (C=O) groups excluding carboxylic acids is 2. The molecule has 0 unspecified atom stereocenters. The third-order valence-electron chi connectivity index (χ3n) is 9.45. The summed E-state index contributed by atoms with van der Waals surface area (Å²) in [5, 5.41) is 8.39. The van der Waals surface area contributed by atoms with E-state index >= 15 is 0 Å². The second-order valence-corrected chi connectivity index (χ2v) is 15.1. The lowest BCUT2D eigenvalue weighted by molar-refractivity contribution is -0.287. The SMILES string of the molecule is COc1ccnc(NC23CC(N4CCS(=O)(=O)CC4)(C2)C3)c1C(=O)Nc1cc2c(cc1C(=O)Nc1ccc3c(c1)OC(F)(F)O3)OC(F)(F)O2. The van der Waals surface area contributed by atoms with Gasteiger partial charge in [0.25, 0.3) is 11.8 Å². The summed E-state index contributed by atoms with van der Waals surface area (Å²) in [4.78, 5) is 34.1. The fourth-order valence-electron chi connectivity index (χ4n) is 7.27. The number of pyridine rings is 1. The Labute approximate surface area is 280 Å². The minimum absolute atomic E-state index is 0.0155. The first-order valence-corrected chi connectivity index (χ1v) is 17.1. The number of fused-ring (bicyclic) bond motifs is 2. The Morgan fingerprint density at radius 1 is 0.840 bits per heavy atom. The molecule has 4 fully saturated rings. The van der Waals surface area contributed by atoms with E-state index in [1.807, 2.05) is 0 Å². The van der Waals surface area contributed by atoms with Gasteiger partial charge in [0.1, 0.15) is 17.1 Å². The first-order chi connectivity index (χ1) is 23.6. The van der Waals surface area contributed by atoms with E-state index < -0.39 is 51.3 Å². The van der Waals surface area contributed by atoms with Gasteiger partial charge in [-0.3, -0.25) is 14.5 Å². The van der Waals surface area contributed by atoms with Crippen LogP contribution in [-0.4, -0.2) is 85.5 Å². The second kappa shape index (κ2) is 10.7. The van der Waals surface area contributed by atoms with Crippen molar-refractivity contribution in [1.82, 2.24) is 9.88 Å². The summed E-state index contributed by atoms with van der Waals surface area (Å²) in [7, 11) is -1.69. The number of amides is 2. The van der Waals surface area contributed by atoms with Crippen LogP contribution in [0.1, 0.15) is 40.0 Å². The van der Waals surface area contributed by atoms with Gasteiger partial charge in [0, 0.05) is 48.2 Å². The van der Waals surface area contributed by atoms with Crippen LogP contribution in [0.15, 0.2) is 42.6 Å². The predicted octanol–water partition coefficient (Wildman–Crippen LogP) is 4.06.